The average Bonchev–Trinajstić information content (AvgIpc) is 2.91. The summed E-state index contributed by atoms with van der Waals surface area (Å²) in [5, 5.41) is 11.9. The standard InChI is InChI=1S/C17H20N2O6/c1-9-16(25-10(2)18-9)17(22)19-13(8-15(20)21)12-6-5-11(23-3)7-14(12)24-4/h5-7,13H,8H2,1-4H3,(H,19,22)(H,20,21). The Balaban J connectivity index is 2.35. The van der Waals surface area contributed by atoms with Crippen molar-refractivity contribution >= 4 is 11.9 Å². The van der Waals surface area contributed by atoms with E-state index < -0.39 is 17.9 Å². The zero-order valence-corrected chi connectivity index (χ0v) is 14.5. The SMILES string of the molecule is COc1ccc(C(CC(=O)O)NC(=O)c2oc(C)nc2C)c(OC)c1. The zero-order chi connectivity index (χ0) is 18.6. The molecule has 1 aromatic carbocycles. The molecule has 1 atom stereocenters. The number of ether oxygens (including phenoxy) is 2. The average molecular weight is 348 g/mol. The second kappa shape index (κ2) is 7.69. The highest BCUT2D eigenvalue weighted by Crippen LogP contribution is 2.31. The van der Waals surface area contributed by atoms with E-state index in [1.54, 1.807) is 32.0 Å². The maximum Gasteiger partial charge on any atom is 0.305 e. The maximum absolute atomic E-state index is 12.5. The predicted molar refractivity (Wildman–Crippen MR) is 88.0 cm³/mol. The van der Waals surface area contributed by atoms with Gasteiger partial charge in [0.05, 0.1) is 32.4 Å². The van der Waals surface area contributed by atoms with Crippen molar-refractivity contribution in [1.29, 1.82) is 0 Å². The Hall–Kier alpha value is -3.03. The Morgan fingerprint density at radius 3 is 2.52 bits per heavy atom. The van der Waals surface area contributed by atoms with Gasteiger partial charge in [0.2, 0.25) is 5.76 Å². The summed E-state index contributed by atoms with van der Waals surface area (Å²) in [5.74, 6) is -0.213. The van der Waals surface area contributed by atoms with Crippen LogP contribution in [0.1, 0.15) is 40.2 Å². The molecule has 1 unspecified atom stereocenters. The van der Waals surface area contributed by atoms with Crippen LogP contribution >= 0.6 is 0 Å². The molecule has 0 saturated carbocycles. The lowest BCUT2D eigenvalue weighted by atomic mass is 10.0. The van der Waals surface area contributed by atoms with Gasteiger partial charge in [0.1, 0.15) is 11.5 Å². The van der Waals surface area contributed by atoms with Crippen LogP contribution in [0.25, 0.3) is 0 Å². The number of oxazole rings is 1. The summed E-state index contributed by atoms with van der Waals surface area (Å²) in [5.41, 5.74) is 0.957. The van der Waals surface area contributed by atoms with Crippen molar-refractivity contribution in [2.75, 3.05) is 14.2 Å². The molecule has 0 aliphatic heterocycles. The van der Waals surface area contributed by atoms with Crippen molar-refractivity contribution in [1.82, 2.24) is 10.3 Å². The number of amides is 1. The van der Waals surface area contributed by atoms with Crippen molar-refractivity contribution in [2.24, 2.45) is 0 Å². The first-order valence-electron chi connectivity index (χ1n) is 7.54. The van der Waals surface area contributed by atoms with Crippen LogP contribution in [0.2, 0.25) is 0 Å². The van der Waals surface area contributed by atoms with Crippen molar-refractivity contribution in [3.63, 3.8) is 0 Å². The Morgan fingerprint density at radius 2 is 2.00 bits per heavy atom. The Morgan fingerprint density at radius 1 is 1.28 bits per heavy atom. The number of benzene rings is 1. The van der Waals surface area contributed by atoms with Crippen molar-refractivity contribution in [2.45, 2.75) is 26.3 Å². The van der Waals surface area contributed by atoms with Crippen LogP contribution in [0, 0.1) is 13.8 Å². The molecule has 0 fully saturated rings. The van der Waals surface area contributed by atoms with E-state index in [0.29, 0.717) is 28.6 Å². The van der Waals surface area contributed by atoms with Gasteiger partial charge in [-0.1, -0.05) is 0 Å². The fraction of sp³-hybridized carbons (Fsp3) is 0.353. The van der Waals surface area contributed by atoms with Crippen LogP contribution in [0.15, 0.2) is 22.6 Å². The van der Waals surface area contributed by atoms with Crippen LogP contribution in [0.4, 0.5) is 0 Å². The Labute approximate surface area is 144 Å². The minimum absolute atomic E-state index is 0.0559. The molecule has 2 aromatic rings. The monoisotopic (exact) mass is 348 g/mol. The summed E-state index contributed by atoms with van der Waals surface area (Å²) < 4.78 is 15.7. The van der Waals surface area contributed by atoms with Gasteiger partial charge >= 0.3 is 5.97 Å². The molecule has 1 heterocycles. The lowest BCUT2D eigenvalue weighted by Gasteiger charge is -2.20. The van der Waals surface area contributed by atoms with Crippen molar-refractivity contribution in [3.8, 4) is 11.5 Å². The number of rotatable bonds is 7. The number of methoxy groups -OCH3 is 2. The van der Waals surface area contributed by atoms with Crippen LogP contribution in [0.3, 0.4) is 0 Å². The number of hydrogen-bond acceptors (Lipinski definition) is 6. The van der Waals surface area contributed by atoms with E-state index in [-0.39, 0.29) is 12.2 Å². The molecule has 25 heavy (non-hydrogen) atoms. The first-order chi connectivity index (χ1) is 11.8. The van der Waals surface area contributed by atoms with E-state index in [0.717, 1.165) is 0 Å². The fourth-order valence-electron chi connectivity index (χ4n) is 2.49. The molecule has 0 spiro atoms. The number of nitrogens with one attached hydrogen (secondary N) is 1. The second-order valence-corrected chi connectivity index (χ2v) is 5.38. The van der Waals surface area contributed by atoms with Gasteiger partial charge < -0.3 is 24.3 Å². The molecule has 2 N–H and O–H groups in total. The minimum atomic E-state index is -1.06. The molecule has 0 radical (unpaired) electrons. The quantitative estimate of drug-likeness (QED) is 0.789. The normalized spacial score (nSPS) is 11.7. The molecular formula is C17H20N2O6. The van der Waals surface area contributed by atoms with E-state index in [1.807, 2.05) is 0 Å². The topological polar surface area (TPSA) is 111 Å². The number of aryl methyl sites for hydroxylation is 2. The van der Waals surface area contributed by atoms with E-state index in [2.05, 4.69) is 10.3 Å². The van der Waals surface area contributed by atoms with E-state index >= 15 is 0 Å². The number of hydrogen-bond donors (Lipinski definition) is 2. The predicted octanol–water partition coefficient (Wildman–Crippen LogP) is 2.25. The summed E-state index contributed by atoms with van der Waals surface area (Å²) in [6, 6.07) is 4.14. The number of carboxylic acid groups (broad SMARTS) is 1. The molecule has 8 nitrogen and oxygen atoms in total. The smallest absolute Gasteiger partial charge is 0.305 e. The molecule has 2 rings (SSSR count). The summed E-state index contributed by atoms with van der Waals surface area (Å²) >= 11 is 0. The van der Waals surface area contributed by atoms with Gasteiger partial charge in [0, 0.05) is 18.6 Å². The van der Waals surface area contributed by atoms with Gasteiger partial charge in [-0.3, -0.25) is 9.59 Å². The first kappa shape index (κ1) is 18.3. The number of carboxylic acids is 1. The van der Waals surface area contributed by atoms with Crippen LogP contribution in [-0.4, -0.2) is 36.2 Å². The lowest BCUT2D eigenvalue weighted by molar-refractivity contribution is -0.137. The van der Waals surface area contributed by atoms with E-state index in [1.165, 1.54) is 14.2 Å². The summed E-state index contributed by atoms with van der Waals surface area (Å²) in [4.78, 5) is 27.8. The number of carbonyl (C=O) groups excluding carboxylic acids is 1. The molecular weight excluding hydrogens is 328 g/mol. The molecule has 0 bridgehead atoms. The van der Waals surface area contributed by atoms with Crippen LogP contribution in [0.5, 0.6) is 11.5 Å². The third-order valence-corrected chi connectivity index (χ3v) is 3.61. The fourth-order valence-corrected chi connectivity index (χ4v) is 2.49. The Kier molecular flexibility index (Phi) is 5.63. The van der Waals surface area contributed by atoms with E-state index in [4.69, 9.17) is 13.9 Å². The van der Waals surface area contributed by atoms with Gasteiger partial charge in [-0.2, -0.15) is 0 Å². The molecule has 0 aliphatic carbocycles. The molecule has 134 valence electrons. The third kappa shape index (κ3) is 4.28. The number of aliphatic carboxylic acids is 1. The van der Waals surface area contributed by atoms with Crippen LogP contribution < -0.4 is 14.8 Å². The van der Waals surface area contributed by atoms with Crippen LogP contribution in [-0.2, 0) is 4.79 Å². The second-order valence-electron chi connectivity index (χ2n) is 5.38. The molecule has 0 saturated heterocycles. The van der Waals surface area contributed by atoms with Gasteiger partial charge in [-0.05, 0) is 19.1 Å². The molecule has 1 amide bonds. The number of carbonyl (C=O) groups is 2. The van der Waals surface area contributed by atoms with Crippen molar-refractivity contribution < 1.29 is 28.6 Å². The largest absolute Gasteiger partial charge is 0.497 e. The first-order valence-corrected chi connectivity index (χ1v) is 7.54. The lowest BCUT2D eigenvalue weighted by Crippen LogP contribution is -2.30. The number of aromatic nitrogens is 1. The van der Waals surface area contributed by atoms with Crippen molar-refractivity contribution in [3.05, 3.63) is 41.1 Å². The minimum Gasteiger partial charge on any atom is -0.497 e. The molecule has 0 aliphatic rings. The summed E-state index contributed by atoms with van der Waals surface area (Å²) in [6.07, 6.45) is -0.319. The van der Waals surface area contributed by atoms with Gasteiger partial charge in [0.15, 0.2) is 5.89 Å². The maximum atomic E-state index is 12.5. The van der Waals surface area contributed by atoms with Gasteiger partial charge in [-0.15, -0.1) is 0 Å². The third-order valence-electron chi connectivity index (χ3n) is 3.61. The highest BCUT2D eigenvalue weighted by molar-refractivity contribution is 5.93. The summed E-state index contributed by atoms with van der Waals surface area (Å²) in [7, 11) is 2.97. The zero-order valence-electron chi connectivity index (χ0n) is 14.5. The number of nitrogens with zero attached hydrogens (tertiary/aromatic N) is 1. The van der Waals surface area contributed by atoms with Gasteiger partial charge in [0.25, 0.3) is 5.91 Å². The highest BCUT2D eigenvalue weighted by Gasteiger charge is 2.25. The van der Waals surface area contributed by atoms with E-state index in [9.17, 15) is 14.7 Å². The highest BCUT2D eigenvalue weighted by atomic mass is 16.5. The van der Waals surface area contributed by atoms with Gasteiger partial charge in [-0.25, -0.2) is 4.98 Å². The summed E-state index contributed by atoms with van der Waals surface area (Å²) in [6.45, 7) is 3.27. The molecule has 8 heteroatoms. The molecule has 1 aromatic heterocycles. The Bertz CT molecular complexity index is 783.